The van der Waals surface area contributed by atoms with Crippen LogP contribution in [-0.2, 0) is 22.7 Å². The third-order valence-electron chi connectivity index (χ3n) is 5.44. The molecule has 11 heteroatoms. The van der Waals surface area contributed by atoms with Crippen molar-refractivity contribution in [2.75, 3.05) is 20.6 Å². The van der Waals surface area contributed by atoms with Crippen LogP contribution in [0.3, 0.4) is 0 Å². The highest BCUT2D eigenvalue weighted by Gasteiger charge is 2.31. The Morgan fingerprint density at radius 1 is 1.03 bits per heavy atom. The van der Waals surface area contributed by atoms with Crippen LogP contribution in [0.2, 0.25) is 0 Å². The summed E-state index contributed by atoms with van der Waals surface area (Å²) in [7, 11) is 3.84. The molecule has 1 aromatic heterocycles. The number of rotatable bonds is 14. The van der Waals surface area contributed by atoms with E-state index in [9.17, 15) is 14.4 Å². The van der Waals surface area contributed by atoms with Gasteiger partial charge in [0.15, 0.2) is 0 Å². The fourth-order valence-electron chi connectivity index (χ4n) is 3.58. The summed E-state index contributed by atoms with van der Waals surface area (Å²) < 4.78 is 12.2. The van der Waals surface area contributed by atoms with Crippen molar-refractivity contribution in [1.82, 2.24) is 25.3 Å². The van der Waals surface area contributed by atoms with Gasteiger partial charge in [-0.05, 0) is 56.6 Å². The van der Waals surface area contributed by atoms with Crippen molar-refractivity contribution in [1.29, 1.82) is 0 Å². The van der Waals surface area contributed by atoms with Crippen LogP contribution in [0.5, 0.6) is 0 Å². The summed E-state index contributed by atoms with van der Waals surface area (Å²) >= 11 is 5.22. The first-order valence-corrected chi connectivity index (χ1v) is 12.9. The number of amides is 2. The number of carbonyl (C=O) groups excluding carboxylic acids is 3. The minimum absolute atomic E-state index is 0.0819. The number of hydrogen-bond acceptors (Lipinski definition) is 8. The van der Waals surface area contributed by atoms with E-state index < -0.39 is 29.9 Å². The molecule has 0 radical (unpaired) electrons. The van der Waals surface area contributed by atoms with Crippen LogP contribution in [-0.4, -0.2) is 65.2 Å². The molecule has 1 aromatic carbocycles. The Kier molecular flexibility index (Phi) is 11.9. The summed E-state index contributed by atoms with van der Waals surface area (Å²) in [6, 6.07) is 7.49. The minimum Gasteiger partial charge on any atom is -0.445 e. The van der Waals surface area contributed by atoms with Crippen LogP contribution in [0.15, 0.2) is 34.7 Å². The van der Waals surface area contributed by atoms with Crippen molar-refractivity contribution in [3.05, 3.63) is 46.6 Å². The molecule has 0 bridgehead atoms. The Labute approximate surface area is 223 Å². The molecule has 204 valence electrons. The second-order valence-electron chi connectivity index (χ2n) is 10.1. The van der Waals surface area contributed by atoms with E-state index in [1.807, 2.05) is 77.0 Å². The number of Topliss-reactive ketones (excluding diaryl/α,β-unsaturated/α-hetero) is 1. The predicted octanol–water partition coefficient (Wildman–Crippen LogP) is 3.82. The predicted molar refractivity (Wildman–Crippen MR) is 143 cm³/mol. The molecular weight excluding hydrogens is 494 g/mol. The molecule has 1 unspecified atom stereocenters. The van der Waals surface area contributed by atoms with E-state index in [1.165, 1.54) is 4.68 Å². The van der Waals surface area contributed by atoms with Crippen molar-refractivity contribution < 1.29 is 23.5 Å². The lowest BCUT2D eigenvalue weighted by atomic mass is 9.98. The highest BCUT2D eigenvalue weighted by Crippen LogP contribution is 2.13. The summed E-state index contributed by atoms with van der Waals surface area (Å²) in [6.07, 6.45) is 0.0284. The highest BCUT2D eigenvalue weighted by atomic mass is 32.1. The zero-order chi connectivity index (χ0) is 27.5. The van der Waals surface area contributed by atoms with E-state index in [0.717, 1.165) is 5.56 Å². The fourth-order valence-corrected chi connectivity index (χ4v) is 3.79. The average molecular weight is 534 g/mol. The topological polar surface area (TPSA) is 119 Å². The molecule has 0 saturated heterocycles. The molecule has 0 saturated carbocycles. The standard InChI is InChI=1S/C26H39N5O5S/c1-17(2)14-20(22(32)24-29-31(26(37)36-24)13-12-30(5)6)27-23(33)21(15-18(3)4)28-25(34)35-16-19-10-8-7-9-11-19/h7-11,17-18,20-21H,12-16H2,1-6H3,(H,27,33)(H,28,34)/t20?,21-/m0/s1. The van der Waals surface area contributed by atoms with Gasteiger partial charge in [0.25, 0.3) is 10.7 Å². The van der Waals surface area contributed by atoms with Gasteiger partial charge < -0.3 is 24.7 Å². The molecule has 0 fully saturated rings. The van der Waals surface area contributed by atoms with Crippen molar-refractivity contribution in [2.24, 2.45) is 11.8 Å². The van der Waals surface area contributed by atoms with Crippen molar-refractivity contribution >= 4 is 30.0 Å². The molecule has 2 rings (SSSR count). The monoisotopic (exact) mass is 533 g/mol. The largest absolute Gasteiger partial charge is 0.445 e. The van der Waals surface area contributed by atoms with Crippen LogP contribution in [0.1, 0.15) is 56.8 Å². The minimum atomic E-state index is -0.889. The van der Waals surface area contributed by atoms with Crippen LogP contribution in [0.4, 0.5) is 4.79 Å². The molecule has 2 N–H and O–H groups in total. The van der Waals surface area contributed by atoms with Gasteiger partial charge in [-0.2, -0.15) is 0 Å². The number of nitrogens with one attached hydrogen (secondary N) is 2. The Morgan fingerprint density at radius 3 is 2.24 bits per heavy atom. The maximum Gasteiger partial charge on any atom is 0.408 e. The second kappa shape index (κ2) is 14.6. The first-order chi connectivity index (χ1) is 17.5. The van der Waals surface area contributed by atoms with Gasteiger partial charge in [-0.3, -0.25) is 9.59 Å². The highest BCUT2D eigenvalue weighted by molar-refractivity contribution is 7.71. The zero-order valence-electron chi connectivity index (χ0n) is 22.5. The lowest BCUT2D eigenvalue weighted by molar-refractivity contribution is -0.124. The van der Waals surface area contributed by atoms with E-state index in [4.69, 9.17) is 21.4 Å². The Balaban J connectivity index is 2.12. The van der Waals surface area contributed by atoms with Gasteiger partial charge in [0.1, 0.15) is 12.6 Å². The van der Waals surface area contributed by atoms with Crippen molar-refractivity contribution in [2.45, 2.75) is 65.8 Å². The maximum atomic E-state index is 13.3. The number of ether oxygens (including phenoxy) is 1. The SMILES string of the molecule is CC(C)CC(NC(=O)[C@H](CC(C)C)NC(=O)OCc1ccccc1)C(=O)c1nn(CCN(C)C)c(=S)o1. The number of nitrogens with zero attached hydrogens (tertiary/aromatic N) is 3. The number of hydrogen-bond donors (Lipinski definition) is 2. The van der Waals surface area contributed by atoms with Gasteiger partial charge in [0, 0.05) is 6.54 Å². The van der Waals surface area contributed by atoms with Crippen LogP contribution in [0, 0.1) is 16.7 Å². The normalized spacial score (nSPS) is 13.0. The fraction of sp³-hybridized carbons (Fsp3) is 0.577. The molecule has 2 aromatic rings. The summed E-state index contributed by atoms with van der Waals surface area (Å²) in [5, 5.41) is 9.69. The molecule has 0 spiro atoms. The van der Waals surface area contributed by atoms with Gasteiger partial charge in [-0.1, -0.05) is 58.0 Å². The maximum absolute atomic E-state index is 13.3. The third-order valence-corrected chi connectivity index (χ3v) is 5.74. The van der Waals surface area contributed by atoms with Crippen molar-refractivity contribution in [3.63, 3.8) is 0 Å². The van der Waals surface area contributed by atoms with E-state index >= 15 is 0 Å². The van der Waals surface area contributed by atoms with E-state index in [0.29, 0.717) is 25.9 Å². The van der Waals surface area contributed by atoms with E-state index in [1.54, 1.807) is 0 Å². The Bertz CT molecular complexity index is 1080. The van der Waals surface area contributed by atoms with Crippen LogP contribution in [0.25, 0.3) is 0 Å². The second-order valence-corrected chi connectivity index (χ2v) is 10.5. The van der Waals surface area contributed by atoms with Crippen LogP contribution < -0.4 is 10.6 Å². The Hall–Kier alpha value is -3.05. The number of benzene rings is 1. The first kappa shape index (κ1) is 30.2. The number of likely N-dealkylation sites (N-methyl/N-ethyl adjacent to an activating group) is 1. The molecule has 0 aliphatic heterocycles. The van der Waals surface area contributed by atoms with Gasteiger partial charge in [-0.25, -0.2) is 9.48 Å². The molecule has 1 heterocycles. The van der Waals surface area contributed by atoms with Gasteiger partial charge in [0.2, 0.25) is 11.7 Å². The van der Waals surface area contributed by atoms with Crippen molar-refractivity contribution in [3.8, 4) is 0 Å². The number of carbonyl (C=O) groups is 3. The summed E-state index contributed by atoms with van der Waals surface area (Å²) in [6.45, 7) is 9.00. The molecule has 0 aliphatic rings. The van der Waals surface area contributed by atoms with E-state index in [-0.39, 0.29) is 29.2 Å². The summed E-state index contributed by atoms with van der Waals surface area (Å²) in [5.41, 5.74) is 0.833. The molecule has 10 nitrogen and oxygen atoms in total. The number of aromatic nitrogens is 2. The van der Waals surface area contributed by atoms with Crippen LogP contribution >= 0.6 is 12.2 Å². The summed E-state index contributed by atoms with van der Waals surface area (Å²) in [4.78, 5) is 41.1. The number of ketones is 1. The molecule has 0 aliphatic carbocycles. The molecular formula is C26H39N5O5S. The lowest BCUT2D eigenvalue weighted by Gasteiger charge is -2.24. The lowest BCUT2D eigenvalue weighted by Crippen LogP contribution is -2.52. The number of alkyl carbamates (subject to hydrolysis) is 1. The first-order valence-electron chi connectivity index (χ1n) is 12.5. The average Bonchev–Trinajstić information content (AvgIpc) is 3.20. The van der Waals surface area contributed by atoms with Gasteiger partial charge >= 0.3 is 6.09 Å². The molecule has 2 atom stereocenters. The van der Waals surface area contributed by atoms with Gasteiger partial charge in [0.05, 0.1) is 12.6 Å². The summed E-state index contributed by atoms with van der Waals surface area (Å²) in [5.74, 6) is -0.887. The smallest absolute Gasteiger partial charge is 0.408 e. The zero-order valence-corrected chi connectivity index (χ0v) is 23.3. The molecule has 37 heavy (non-hydrogen) atoms. The molecule has 2 amide bonds. The van der Waals surface area contributed by atoms with Gasteiger partial charge in [-0.15, -0.1) is 5.10 Å². The van der Waals surface area contributed by atoms with E-state index in [2.05, 4.69) is 15.7 Å². The Morgan fingerprint density at radius 2 is 1.65 bits per heavy atom. The quantitative estimate of drug-likeness (QED) is 0.278. The third kappa shape index (κ3) is 10.5.